The van der Waals surface area contributed by atoms with Crippen LogP contribution in [-0.2, 0) is 4.79 Å². The van der Waals surface area contributed by atoms with E-state index in [-0.39, 0.29) is 6.47 Å². The van der Waals surface area contributed by atoms with Gasteiger partial charge in [0.05, 0.1) is 0 Å². The zero-order valence-electron chi connectivity index (χ0n) is 4.29. The minimum Gasteiger partial charge on any atom is -0.483 e. The van der Waals surface area contributed by atoms with Crippen LogP contribution < -0.4 is 10.9 Å². The number of rotatable bonds is 0. The number of hydrazine groups is 1. The van der Waals surface area contributed by atoms with E-state index in [1.165, 1.54) is 0 Å². The van der Waals surface area contributed by atoms with E-state index in [4.69, 9.17) is 9.90 Å². The van der Waals surface area contributed by atoms with Crippen LogP contribution in [0.4, 0.5) is 0 Å². The molecular weight excluding hydrogens is 108 g/mol. The van der Waals surface area contributed by atoms with E-state index < -0.39 is 0 Å². The van der Waals surface area contributed by atoms with Crippen LogP contribution in [0.5, 0.6) is 0 Å². The largest absolute Gasteiger partial charge is 0.483 e. The summed E-state index contributed by atoms with van der Waals surface area (Å²) in [5.41, 5.74) is 5.65. The normalized spacial score (nSPS) is 13.5. The lowest BCUT2D eigenvalue weighted by Gasteiger charge is -1.83. The Labute approximate surface area is 47.2 Å². The van der Waals surface area contributed by atoms with E-state index >= 15 is 0 Å². The van der Waals surface area contributed by atoms with Gasteiger partial charge in [0.25, 0.3) is 6.47 Å². The van der Waals surface area contributed by atoms with Crippen molar-refractivity contribution < 1.29 is 9.90 Å². The van der Waals surface area contributed by atoms with Crippen LogP contribution in [0.25, 0.3) is 0 Å². The van der Waals surface area contributed by atoms with Gasteiger partial charge in [0.1, 0.15) is 0 Å². The van der Waals surface area contributed by atoms with Gasteiger partial charge in [-0.25, -0.2) is 5.43 Å². The lowest BCUT2D eigenvalue weighted by Crippen LogP contribution is -2.19. The molecule has 0 aromatic heterocycles. The summed E-state index contributed by atoms with van der Waals surface area (Å²) in [7, 11) is 0. The molecular formula is C4H8N2O2. The van der Waals surface area contributed by atoms with Crippen molar-refractivity contribution in [3.8, 4) is 0 Å². The highest BCUT2D eigenvalue weighted by Gasteiger charge is 1.78. The second-order valence-corrected chi connectivity index (χ2v) is 1.03. The average molecular weight is 116 g/mol. The lowest BCUT2D eigenvalue weighted by molar-refractivity contribution is -0.122. The van der Waals surface area contributed by atoms with Gasteiger partial charge in [-0.3, -0.25) is 4.79 Å². The highest BCUT2D eigenvalue weighted by Crippen LogP contribution is 1.67. The molecule has 0 atom stereocenters. The Morgan fingerprint density at radius 1 is 1.75 bits per heavy atom. The maximum absolute atomic E-state index is 8.36. The van der Waals surface area contributed by atoms with Crippen molar-refractivity contribution in [2.24, 2.45) is 0 Å². The first-order chi connectivity index (χ1) is 3.91. The average Bonchev–Trinajstić information content (AvgIpc) is 2.17. The molecule has 0 radical (unpaired) electrons. The Kier molecular flexibility index (Phi) is 5.20. The molecule has 1 rings (SSSR count). The van der Waals surface area contributed by atoms with E-state index in [9.17, 15) is 0 Å². The van der Waals surface area contributed by atoms with Gasteiger partial charge >= 0.3 is 0 Å². The maximum Gasteiger partial charge on any atom is 0.290 e. The Balaban J connectivity index is 0.000000145. The molecule has 0 fully saturated rings. The van der Waals surface area contributed by atoms with Crippen LogP contribution in [0.2, 0.25) is 0 Å². The number of hydrogen-bond donors (Lipinski definition) is 3. The third kappa shape index (κ3) is 4.97. The number of carboxylic acid groups (broad SMARTS) is 1. The first-order valence-corrected chi connectivity index (χ1v) is 2.13. The van der Waals surface area contributed by atoms with E-state index in [0.29, 0.717) is 0 Å². The molecule has 0 amide bonds. The van der Waals surface area contributed by atoms with Gasteiger partial charge < -0.3 is 10.5 Å². The Hall–Kier alpha value is -1.03. The molecule has 0 saturated carbocycles. The van der Waals surface area contributed by atoms with Gasteiger partial charge in [-0.05, 0) is 0 Å². The number of nitrogens with one attached hydrogen (secondary N) is 2. The molecule has 4 heteroatoms. The quantitative estimate of drug-likeness (QED) is 0.366. The fourth-order valence-corrected chi connectivity index (χ4v) is 0.295. The summed E-state index contributed by atoms with van der Waals surface area (Å²) < 4.78 is 0. The van der Waals surface area contributed by atoms with Crippen molar-refractivity contribution >= 4 is 6.47 Å². The number of carbonyl (C=O) groups is 1. The number of hydrogen-bond acceptors (Lipinski definition) is 3. The van der Waals surface area contributed by atoms with Gasteiger partial charge in [0, 0.05) is 12.7 Å². The van der Waals surface area contributed by atoms with Crippen molar-refractivity contribution in [1.82, 2.24) is 10.9 Å². The summed E-state index contributed by atoms with van der Waals surface area (Å²) in [5, 5.41) is 6.89. The molecule has 1 aliphatic rings. The molecule has 8 heavy (non-hydrogen) atoms. The third-order valence-corrected chi connectivity index (χ3v) is 0.523. The molecule has 1 aliphatic heterocycles. The van der Waals surface area contributed by atoms with Crippen LogP contribution in [0, 0.1) is 0 Å². The van der Waals surface area contributed by atoms with Crippen LogP contribution in [0.1, 0.15) is 0 Å². The summed E-state index contributed by atoms with van der Waals surface area (Å²) in [5.74, 6) is 0. The molecule has 0 bridgehead atoms. The van der Waals surface area contributed by atoms with E-state index in [1.54, 1.807) is 0 Å². The molecule has 1 heterocycles. The van der Waals surface area contributed by atoms with Gasteiger partial charge in [0.15, 0.2) is 0 Å². The minimum atomic E-state index is -0.250. The van der Waals surface area contributed by atoms with Crippen LogP contribution in [-0.4, -0.2) is 18.1 Å². The topological polar surface area (TPSA) is 61.4 Å². The summed E-state index contributed by atoms with van der Waals surface area (Å²) in [6, 6.07) is 0. The fourth-order valence-electron chi connectivity index (χ4n) is 0.295. The molecule has 0 aromatic rings. The zero-order valence-corrected chi connectivity index (χ0v) is 4.29. The monoisotopic (exact) mass is 116 g/mol. The SMILES string of the molecule is C1=CNNC1.O=CO. The summed E-state index contributed by atoms with van der Waals surface area (Å²) >= 11 is 0. The highest BCUT2D eigenvalue weighted by molar-refractivity contribution is 5.32. The fraction of sp³-hybridized carbons (Fsp3) is 0.250. The van der Waals surface area contributed by atoms with Crippen molar-refractivity contribution in [3.63, 3.8) is 0 Å². The Morgan fingerprint density at radius 3 is 2.50 bits per heavy atom. The first-order valence-electron chi connectivity index (χ1n) is 2.13. The third-order valence-electron chi connectivity index (χ3n) is 0.523. The minimum absolute atomic E-state index is 0.250. The predicted molar refractivity (Wildman–Crippen MR) is 29.0 cm³/mol. The van der Waals surface area contributed by atoms with Gasteiger partial charge in [-0.2, -0.15) is 0 Å². The standard InChI is InChI=1S/C3H6N2.CH2O2/c1-2-4-5-3-1;2-1-3/h1-2,4-5H,3H2;1H,(H,2,3). The Morgan fingerprint density at radius 2 is 2.38 bits per heavy atom. The summed E-state index contributed by atoms with van der Waals surface area (Å²) in [6.45, 7) is 0.708. The van der Waals surface area contributed by atoms with Gasteiger partial charge in [0.2, 0.25) is 0 Å². The maximum atomic E-state index is 8.36. The lowest BCUT2D eigenvalue weighted by atomic mass is 10.7. The van der Waals surface area contributed by atoms with Crippen LogP contribution in [0.15, 0.2) is 12.3 Å². The molecule has 0 aromatic carbocycles. The molecule has 0 spiro atoms. The van der Waals surface area contributed by atoms with Crippen molar-refractivity contribution in [2.45, 2.75) is 0 Å². The molecule has 4 nitrogen and oxygen atoms in total. The molecule has 46 valence electrons. The molecule has 0 saturated heterocycles. The molecule has 0 unspecified atom stereocenters. The molecule has 0 aliphatic carbocycles. The van der Waals surface area contributed by atoms with Crippen molar-refractivity contribution in [2.75, 3.05) is 6.54 Å². The predicted octanol–water partition coefficient (Wildman–Crippen LogP) is -0.691. The van der Waals surface area contributed by atoms with E-state index in [2.05, 4.69) is 10.9 Å². The second-order valence-electron chi connectivity index (χ2n) is 1.03. The van der Waals surface area contributed by atoms with Crippen molar-refractivity contribution in [1.29, 1.82) is 0 Å². The van der Waals surface area contributed by atoms with Crippen molar-refractivity contribution in [3.05, 3.63) is 12.3 Å². The summed E-state index contributed by atoms with van der Waals surface area (Å²) in [4.78, 5) is 8.36. The highest BCUT2D eigenvalue weighted by atomic mass is 16.3. The molecule has 3 N–H and O–H groups in total. The van der Waals surface area contributed by atoms with Gasteiger partial charge in [-0.1, -0.05) is 6.08 Å². The Bertz CT molecular complexity index is 76.1. The summed E-state index contributed by atoms with van der Waals surface area (Å²) in [6.07, 6.45) is 3.89. The first kappa shape index (κ1) is 6.97. The second kappa shape index (κ2) is 5.97. The smallest absolute Gasteiger partial charge is 0.290 e. The zero-order chi connectivity index (χ0) is 6.24. The van der Waals surface area contributed by atoms with E-state index in [0.717, 1.165) is 6.54 Å². The van der Waals surface area contributed by atoms with Crippen LogP contribution in [0.3, 0.4) is 0 Å². The van der Waals surface area contributed by atoms with Crippen LogP contribution >= 0.6 is 0 Å². The van der Waals surface area contributed by atoms with Gasteiger partial charge in [-0.15, -0.1) is 0 Å². The van der Waals surface area contributed by atoms with E-state index in [1.807, 2.05) is 12.3 Å².